The maximum absolute atomic E-state index is 11.4. The summed E-state index contributed by atoms with van der Waals surface area (Å²) in [6.45, 7) is 3.30. The highest BCUT2D eigenvalue weighted by Gasteiger charge is 2.10. The van der Waals surface area contributed by atoms with E-state index in [1.54, 1.807) is 31.4 Å². The summed E-state index contributed by atoms with van der Waals surface area (Å²) in [5.74, 6) is 0.315. The van der Waals surface area contributed by atoms with Crippen LogP contribution in [0.2, 0.25) is 0 Å². The molecule has 0 aromatic heterocycles. The van der Waals surface area contributed by atoms with E-state index in [0.717, 1.165) is 6.42 Å². The van der Waals surface area contributed by atoms with Gasteiger partial charge in [-0.3, -0.25) is 4.79 Å². The first-order valence-electron chi connectivity index (χ1n) is 6.77. The van der Waals surface area contributed by atoms with Crippen molar-refractivity contribution in [2.45, 2.75) is 26.3 Å². The molecule has 0 saturated heterocycles. The molecule has 1 aromatic rings. The molecule has 6 nitrogen and oxygen atoms in total. The molecule has 1 amide bonds. The van der Waals surface area contributed by atoms with Crippen LogP contribution >= 0.6 is 0 Å². The van der Waals surface area contributed by atoms with Gasteiger partial charge in [-0.15, -0.1) is 0 Å². The third-order valence-electron chi connectivity index (χ3n) is 2.80. The lowest BCUT2D eigenvalue weighted by molar-refractivity contribution is -0.150. The second-order valence-corrected chi connectivity index (χ2v) is 4.50. The first-order chi connectivity index (χ1) is 10.0. The van der Waals surface area contributed by atoms with Crippen LogP contribution in [0.3, 0.4) is 0 Å². The molecular weight excluding hydrogens is 274 g/mol. The summed E-state index contributed by atoms with van der Waals surface area (Å²) in [5, 5.41) is 2.70. The highest BCUT2D eigenvalue weighted by molar-refractivity contribution is 5.81. The van der Waals surface area contributed by atoms with Crippen LogP contribution in [-0.2, 0) is 14.3 Å². The first kappa shape index (κ1) is 16.8. The number of benzene rings is 1. The van der Waals surface area contributed by atoms with Gasteiger partial charge < -0.3 is 19.5 Å². The Morgan fingerprint density at radius 3 is 2.33 bits per heavy atom. The topological polar surface area (TPSA) is 73.9 Å². The Morgan fingerprint density at radius 1 is 1.14 bits per heavy atom. The molecule has 0 heterocycles. The normalized spacial score (nSPS) is 11.4. The van der Waals surface area contributed by atoms with Gasteiger partial charge in [0.15, 0.2) is 13.2 Å². The monoisotopic (exact) mass is 295 g/mol. The fourth-order valence-corrected chi connectivity index (χ4v) is 1.42. The van der Waals surface area contributed by atoms with Crippen molar-refractivity contribution in [3.8, 4) is 11.5 Å². The quantitative estimate of drug-likeness (QED) is 0.736. The number of carbonyl (C=O) groups is 2. The summed E-state index contributed by atoms with van der Waals surface area (Å²) >= 11 is 0. The van der Waals surface area contributed by atoms with Gasteiger partial charge >= 0.3 is 5.97 Å². The molecular formula is C15H21NO5. The third-order valence-corrected chi connectivity index (χ3v) is 2.80. The minimum atomic E-state index is -0.592. The van der Waals surface area contributed by atoms with Crippen molar-refractivity contribution in [2.24, 2.45) is 0 Å². The standard InChI is InChI=1S/C15H21NO5/c1-4-11(2)16-14(17)9-21-15(18)10-20-13-7-5-12(19-3)6-8-13/h5-8,11H,4,9-10H2,1-3H3,(H,16,17)/t11-/m0/s1. The highest BCUT2D eigenvalue weighted by Crippen LogP contribution is 2.16. The van der Waals surface area contributed by atoms with Crippen LogP contribution in [0.5, 0.6) is 11.5 Å². The number of esters is 1. The van der Waals surface area contributed by atoms with Crippen LogP contribution in [0.1, 0.15) is 20.3 Å². The van der Waals surface area contributed by atoms with Crippen molar-refractivity contribution < 1.29 is 23.8 Å². The van der Waals surface area contributed by atoms with Gasteiger partial charge in [0.2, 0.25) is 0 Å². The molecule has 0 aliphatic heterocycles. The molecule has 0 spiro atoms. The Labute approximate surface area is 124 Å². The second-order valence-electron chi connectivity index (χ2n) is 4.50. The molecule has 116 valence electrons. The predicted octanol–water partition coefficient (Wildman–Crippen LogP) is 1.53. The molecule has 0 fully saturated rings. The largest absolute Gasteiger partial charge is 0.497 e. The van der Waals surface area contributed by atoms with Crippen molar-refractivity contribution in [2.75, 3.05) is 20.3 Å². The SMILES string of the molecule is CC[C@H](C)NC(=O)COC(=O)COc1ccc(OC)cc1. The zero-order chi connectivity index (χ0) is 15.7. The zero-order valence-electron chi connectivity index (χ0n) is 12.5. The summed E-state index contributed by atoms with van der Waals surface area (Å²) in [6.07, 6.45) is 0.820. The number of amides is 1. The number of hydrogen-bond acceptors (Lipinski definition) is 5. The van der Waals surface area contributed by atoms with Crippen LogP contribution in [-0.4, -0.2) is 38.2 Å². The number of methoxy groups -OCH3 is 1. The molecule has 1 aromatic carbocycles. The number of carbonyl (C=O) groups excluding carboxylic acids is 2. The van der Waals surface area contributed by atoms with Crippen molar-refractivity contribution in [3.63, 3.8) is 0 Å². The maximum Gasteiger partial charge on any atom is 0.344 e. The van der Waals surface area contributed by atoms with Crippen LogP contribution in [0.15, 0.2) is 24.3 Å². The zero-order valence-corrected chi connectivity index (χ0v) is 12.5. The van der Waals surface area contributed by atoms with Crippen molar-refractivity contribution >= 4 is 11.9 Å². The Hall–Kier alpha value is -2.24. The Morgan fingerprint density at radius 2 is 1.76 bits per heavy atom. The van der Waals surface area contributed by atoms with E-state index in [-0.39, 0.29) is 25.2 Å². The lowest BCUT2D eigenvalue weighted by Gasteiger charge is -2.11. The van der Waals surface area contributed by atoms with E-state index in [1.807, 2.05) is 13.8 Å². The van der Waals surface area contributed by atoms with E-state index < -0.39 is 5.97 Å². The van der Waals surface area contributed by atoms with Gasteiger partial charge in [0.1, 0.15) is 11.5 Å². The van der Waals surface area contributed by atoms with E-state index in [0.29, 0.717) is 11.5 Å². The smallest absolute Gasteiger partial charge is 0.344 e. The predicted molar refractivity (Wildman–Crippen MR) is 77.3 cm³/mol. The lowest BCUT2D eigenvalue weighted by atomic mass is 10.2. The van der Waals surface area contributed by atoms with E-state index >= 15 is 0 Å². The van der Waals surface area contributed by atoms with Crippen molar-refractivity contribution in [1.82, 2.24) is 5.32 Å². The lowest BCUT2D eigenvalue weighted by Crippen LogP contribution is -2.35. The maximum atomic E-state index is 11.4. The van der Waals surface area contributed by atoms with Crippen LogP contribution < -0.4 is 14.8 Å². The number of nitrogens with one attached hydrogen (secondary N) is 1. The summed E-state index contributed by atoms with van der Waals surface area (Å²) in [7, 11) is 1.57. The van der Waals surface area contributed by atoms with E-state index in [9.17, 15) is 9.59 Å². The average Bonchev–Trinajstić information content (AvgIpc) is 2.51. The van der Waals surface area contributed by atoms with Gasteiger partial charge in [-0.2, -0.15) is 0 Å². The molecule has 1 atom stereocenters. The fourth-order valence-electron chi connectivity index (χ4n) is 1.42. The second kappa shape index (κ2) is 8.84. The van der Waals surface area contributed by atoms with Gasteiger partial charge in [0, 0.05) is 6.04 Å². The Balaban J connectivity index is 2.25. The van der Waals surface area contributed by atoms with Crippen LogP contribution in [0, 0.1) is 0 Å². The molecule has 1 rings (SSSR count). The minimum absolute atomic E-state index is 0.0618. The van der Waals surface area contributed by atoms with E-state index in [1.165, 1.54) is 0 Å². The molecule has 0 aliphatic carbocycles. The summed E-state index contributed by atoms with van der Waals surface area (Å²) in [5.41, 5.74) is 0. The van der Waals surface area contributed by atoms with E-state index in [4.69, 9.17) is 14.2 Å². The Kier molecular flexibility index (Phi) is 7.08. The fraction of sp³-hybridized carbons (Fsp3) is 0.467. The average molecular weight is 295 g/mol. The molecule has 1 N–H and O–H groups in total. The minimum Gasteiger partial charge on any atom is -0.497 e. The third kappa shape index (κ3) is 6.65. The van der Waals surface area contributed by atoms with Gasteiger partial charge in [-0.05, 0) is 37.6 Å². The number of rotatable bonds is 8. The molecule has 6 heteroatoms. The Bertz CT molecular complexity index is 458. The molecule has 0 saturated carbocycles. The summed E-state index contributed by atoms with van der Waals surface area (Å²) < 4.78 is 15.1. The van der Waals surface area contributed by atoms with Gasteiger partial charge in [-0.1, -0.05) is 6.92 Å². The molecule has 0 unspecified atom stereocenters. The van der Waals surface area contributed by atoms with Crippen molar-refractivity contribution in [3.05, 3.63) is 24.3 Å². The molecule has 0 aliphatic rings. The molecule has 0 radical (unpaired) electrons. The highest BCUT2D eigenvalue weighted by atomic mass is 16.6. The van der Waals surface area contributed by atoms with Gasteiger partial charge in [0.25, 0.3) is 5.91 Å². The van der Waals surface area contributed by atoms with E-state index in [2.05, 4.69) is 5.32 Å². The van der Waals surface area contributed by atoms with Crippen LogP contribution in [0.25, 0.3) is 0 Å². The van der Waals surface area contributed by atoms with Gasteiger partial charge in [-0.25, -0.2) is 4.79 Å². The summed E-state index contributed by atoms with van der Waals surface area (Å²) in [4.78, 5) is 22.9. The van der Waals surface area contributed by atoms with Gasteiger partial charge in [0.05, 0.1) is 7.11 Å². The van der Waals surface area contributed by atoms with Crippen molar-refractivity contribution in [1.29, 1.82) is 0 Å². The number of hydrogen-bond donors (Lipinski definition) is 1. The molecule has 21 heavy (non-hydrogen) atoms. The first-order valence-corrected chi connectivity index (χ1v) is 6.77. The number of ether oxygens (including phenoxy) is 3. The van der Waals surface area contributed by atoms with Crippen LogP contribution in [0.4, 0.5) is 0 Å². The molecule has 0 bridgehead atoms. The summed E-state index contributed by atoms with van der Waals surface area (Å²) in [6, 6.07) is 6.87.